The van der Waals surface area contributed by atoms with Gasteiger partial charge in [-0.3, -0.25) is 9.69 Å². The number of nitrogens with one attached hydrogen (secondary N) is 1. The molecule has 5 nitrogen and oxygen atoms in total. The van der Waals surface area contributed by atoms with Gasteiger partial charge in [0, 0.05) is 30.6 Å². The van der Waals surface area contributed by atoms with Crippen LogP contribution in [-0.2, 0) is 28.8 Å². The predicted octanol–water partition coefficient (Wildman–Crippen LogP) is 3.79. The third-order valence-corrected chi connectivity index (χ3v) is 6.45. The molecule has 31 heavy (non-hydrogen) atoms. The Morgan fingerprint density at radius 3 is 2.61 bits per heavy atom. The van der Waals surface area contributed by atoms with E-state index in [1.54, 1.807) is 18.4 Å². The molecular weight excluding hydrogens is 395 g/mol. The lowest BCUT2D eigenvalue weighted by molar-refractivity contribution is -0.120. The van der Waals surface area contributed by atoms with Crippen molar-refractivity contribution in [2.24, 2.45) is 0 Å². The molecule has 0 saturated carbocycles. The van der Waals surface area contributed by atoms with Gasteiger partial charge in [0.2, 0.25) is 5.91 Å². The molecule has 1 aromatic heterocycles. The van der Waals surface area contributed by atoms with Crippen molar-refractivity contribution in [1.29, 1.82) is 0 Å². The molecule has 1 aliphatic heterocycles. The van der Waals surface area contributed by atoms with Crippen LogP contribution in [0.15, 0.2) is 47.1 Å². The summed E-state index contributed by atoms with van der Waals surface area (Å²) in [6, 6.07) is 10.8. The fourth-order valence-corrected chi connectivity index (χ4v) is 4.76. The summed E-state index contributed by atoms with van der Waals surface area (Å²) < 4.78 is 24.6. The number of amides is 1. The molecule has 2 heterocycles. The van der Waals surface area contributed by atoms with E-state index >= 15 is 0 Å². The number of carbonyl (C=O) groups is 1. The van der Waals surface area contributed by atoms with Gasteiger partial charge >= 0.3 is 0 Å². The standard InChI is InChI=1S/C25H27FN2O3/c26-21-6-4-17(5-7-21)23(28-8-10-30-11-9-28)15-27-25(29)14-20-16-31-24-13-19-3-1-2-18(19)12-22(20)24/h4-7,12-13,16,23H,1-3,8-11,14-15H2,(H,27,29). The summed E-state index contributed by atoms with van der Waals surface area (Å²) in [5.41, 5.74) is 5.52. The summed E-state index contributed by atoms with van der Waals surface area (Å²) in [4.78, 5) is 15.1. The number of benzene rings is 2. The van der Waals surface area contributed by atoms with Gasteiger partial charge in [0.25, 0.3) is 0 Å². The normalized spacial score (nSPS) is 17.6. The van der Waals surface area contributed by atoms with Crippen LogP contribution in [0.25, 0.3) is 11.0 Å². The Labute approximate surface area is 181 Å². The number of hydrogen-bond donors (Lipinski definition) is 1. The average Bonchev–Trinajstić information content (AvgIpc) is 3.41. The molecule has 2 aromatic carbocycles. The van der Waals surface area contributed by atoms with E-state index in [0.29, 0.717) is 19.8 Å². The summed E-state index contributed by atoms with van der Waals surface area (Å²) in [5.74, 6) is -0.296. The summed E-state index contributed by atoms with van der Waals surface area (Å²) >= 11 is 0. The summed E-state index contributed by atoms with van der Waals surface area (Å²) in [7, 11) is 0. The maximum Gasteiger partial charge on any atom is 0.224 e. The zero-order chi connectivity index (χ0) is 21.2. The minimum Gasteiger partial charge on any atom is -0.464 e. The third-order valence-electron chi connectivity index (χ3n) is 6.45. The number of hydrogen-bond acceptors (Lipinski definition) is 4. The number of aryl methyl sites for hydroxylation is 2. The van der Waals surface area contributed by atoms with Gasteiger partial charge in [0.1, 0.15) is 11.4 Å². The van der Waals surface area contributed by atoms with Gasteiger partial charge < -0.3 is 14.5 Å². The van der Waals surface area contributed by atoms with Crippen LogP contribution in [-0.4, -0.2) is 43.7 Å². The SMILES string of the molecule is O=C(Cc1coc2cc3c(cc12)CCC3)NCC(c1ccc(F)cc1)N1CCOCC1. The molecule has 0 spiro atoms. The van der Waals surface area contributed by atoms with Crippen molar-refractivity contribution in [2.75, 3.05) is 32.8 Å². The minimum absolute atomic E-state index is 0.0159. The lowest BCUT2D eigenvalue weighted by Gasteiger charge is -2.35. The van der Waals surface area contributed by atoms with E-state index < -0.39 is 0 Å². The quantitative estimate of drug-likeness (QED) is 0.657. The van der Waals surface area contributed by atoms with Crippen LogP contribution >= 0.6 is 0 Å². The van der Waals surface area contributed by atoms with Crippen molar-refractivity contribution < 1.29 is 18.3 Å². The first-order valence-electron chi connectivity index (χ1n) is 11.0. The molecule has 1 saturated heterocycles. The second-order valence-corrected chi connectivity index (χ2v) is 8.43. The fraction of sp³-hybridized carbons (Fsp3) is 0.400. The third kappa shape index (κ3) is 4.36. The molecule has 1 unspecified atom stereocenters. The fourth-order valence-electron chi connectivity index (χ4n) is 4.76. The Kier molecular flexibility index (Phi) is 5.74. The summed E-state index contributed by atoms with van der Waals surface area (Å²) in [6.45, 7) is 3.37. The van der Waals surface area contributed by atoms with E-state index in [-0.39, 0.29) is 24.2 Å². The Balaban J connectivity index is 1.28. The number of nitrogens with zero attached hydrogens (tertiary/aromatic N) is 1. The number of carbonyl (C=O) groups excluding carboxylic acids is 1. The number of halogens is 1. The smallest absolute Gasteiger partial charge is 0.224 e. The molecule has 1 amide bonds. The van der Waals surface area contributed by atoms with Crippen molar-refractivity contribution in [2.45, 2.75) is 31.7 Å². The van der Waals surface area contributed by atoms with Crippen molar-refractivity contribution in [3.8, 4) is 0 Å². The molecule has 1 N–H and O–H groups in total. The molecule has 162 valence electrons. The highest BCUT2D eigenvalue weighted by atomic mass is 19.1. The summed E-state index contributed by atoms with van der Waals surface area (Å²) in [6.07, 6.45) is 5.38. The molecule has 0 radical (unpaired) electrons. The largest absolute Gasteiger partial charge is 0.464 e. The van der Waals surface area contributed by atoms with Gasteiger partial charge in [-0.05, 0) is 60.2 Å². The van der Waals surface area contributed by atoms with Gasteiger partial charge in [-0.15, -0.1) is 0 Å². The topological polar surface area (TPSA) is 54.7 Å². The van der Waals surface area contributed by atoms with Gasteiger partial charge in [-0.2, -0.15) is 0 Å². The molecular formula is C25H27FN2O3. The number of rotatable bonds is 6. The highest BCUT2D eigenvalue weighted by Crippen LogP contribution is 2.30. The summed E-state index contributed by atoms with van der Waals surface area (Å²) in [5, 5.41) is 4.13. The van der Waals surface area contributed by atoms with E-state index in [1.807, 2.05) is 0 Å². The molecule has 1 atom stereocenters. The van der Waals surface area contributed by atoms with Crippen LogP contribution in [0.2, 0.25) is 0 Å². The van der Waals surface area contributed by atoms with Crippen molar-refractivity contribution in [1.82, 2.24) is 10.2 Å². The molecule has 2 aliphatic rings. The first-order chi connectivity index (χ1) is 15.2. The maximum absolute atomic E-state index is 13.4. The van der Waals surface area contributed by atoms with Crippen LogP contribution in [0.3, 0.4) is 0 Å². The van der Waals surface area contributed by atoms with Crippen LogP contribution in [0.1, 0.15) is 34.7 Å². The number of fused-ring (bicyclic) bond motifs is 2. The monoisotopic (exact) mass is 422 g/mol. The van der Waals surface area contributed by atoms with Crippen molar-refractivity contribution in [3.05, 3.63) is 70.7 Å². The second kappa shape index (κ2) is 8.81. The first kappa shape index (κ1) is 20.2. The molecule has 3 aromatic rings. The van der Waals surface area contributed by atoms with E-state index in [9.17, 15) is 9.18 Å². The zero-order valence-electron chi connectivity index (χ0n) is 17.5. The van der Waals surface area contributed by atoms with Crippen LogP contribution in [0.5, 0.6) is 0 Å². The van der Waals surface area contributed by atoms with Gasteiger partial charge in [0.15, 0.2) is 0 Å². The van der Waals surface area contributed by atoms with E-state index in [2.05, 4.69) is 22.3 Å². The van der Waals surface area contributed by atoms with Crippen LogP contribution < -0.4 is 5.32 Å². The number of ether oxygens (including phenoxy) is 1. The molecule has 0 bridgehead atoms. The Morgan fingerprint density at radius 2 is 1.84 bits per heavy atom. The van der Waals surface area contributed by atoms with Crippen molar-refractivity contribution >= 4 is 16.9 Å². The second-order valence-electron chi connectivity index (χ2n) is 8.43. The predicted molar refractivity (Wildman–Crippen MR) is 116 cm³/mol. The van der Waals surface area contributed by atoms with Gasteiger partial charge in [-0.25, -0.2) is 4.39 Å². The molecule has 1 aliphatic carbocycles. The lowest BCUT2D eigenvalue weighted by atomic mass is 10.0. The highest BCUT2D eigenvalue weighted by Gasteiger charge is 2.24. The van der Waals surface area contributed by atoms with E-state index in [4.69, 9.17) is 9.15 Å². The minimum atomic E-state index is -0.258. The van der Waals surface area contributed by atoms with Crippen molar-refractivity contribution in [3.63, 3.8) is 0 Å². The van der Waals surface area contributed by atoms with Gasteiger partial charge in [0.05, 0.1) is 31.9 Å². The highest BCUT2D eigenvalue weighted by molar-refractivity contribution is 5.88. The number of furan rings is 1. The molecule has 6 heteroatoms. The molecule has 1 fully saturated rings. The maximum atomic E-state index is 13.4. The zero-order valence-corrected chi connectivity index (χ0v) is 17.5. The average molecular weight is 423 g/mol. The molecule has 5 rings (SSSR count). The van der Waals surface area contributed by atoms with E-state index in [0.717, 1.165) is 48.0 Å². The van der Waals surface area contributed by atoms with E-state index in [1.165, 1.54) is 29.7 Å². The van der Waals surface area contributed by atoms with Crippen LogP contribution in [0.4, 0.5) is 4.39 Å². The Hall–Kier alpha value is -2.70. The Bertz CT molecular complexity index is 1070. The van der Waals surface area contributed by atoms with Gasteiger partial charge in [-0.1, -0.05) is 12.1 Å². The van der Waals surface area contributed by atoms with Crippen LogP contribution in [0, 0.1) is 5.82 Å². The Morgan fingerprint density at radius 1 is 1.10 bits per heavy atom. The first-order valence-corrected chi connectivity index (χ1v) is 11.0. The lowest BCUT2D eigenvalue weighted by Crippen LogP contribution is -2.44. The number of morpholine rings is 1.